The van der Waals surface area contributed by atoms with Gasteiger partial charge in [-0.3, -0.25) is 4.90 Å². The van der Waals surface area contributed by atoms with Crippen LogP contribution < -0.4 is 10.1 Å². The Morgan fingerprint density at radius 3 is 3.00 bits per heavy atom. The van der Waals surface area contributed by atoms with E-state index in [4.69, 9.17) is 9.26 Å². The number of rotatable bonds is 4. The lowest BCUT2D eigenvalue weighted by Crippen LogP contribution is -2.44. The average Bonchev–Trinajstić information content (AvgIpc) is 3.00. The lowest BCUT2D eigenvalue weighted by Gasteiger charge is -2.30. The Hall–Kier alpha value is -1.22. The SMILES string of the molecule is CC(Oc1ccc(F)cc1Br)c1nc(C2CNCCN2C)no1.Cl. The monoisotopic (exact) mass is 420 g/mol. The Labute approximate surface area is 154 Å². The summed E-state index contributed by atoms with van der Waals surface area (Å²) in [7, 11) is 2.04. The van der Waals surface area contributed by atoms with E-state index in [0.717, 1.165) is 19.6 Å². The molecule has 1 fully saturated rings. The molecule has 0 bridgehead atoms. The van der Waals surface area contributed by atoms with Crippen molar-refractivity contribution in [3.63, 3.8) is 0 Å². The molecule has 1 aromatic carbocycles. The van der Waals surface area contributed by atoms with Gasteiger partial charge in [-0.15, -0.1) is 12.4 Å². The van der Waals surface area contributed by atoms with Gasteiger partial charge in [0.05, 0.1) is 10.5 Å². The molecule has 0 radical (unpaired) electrons. The Kier molecular flexibility index (Phi) is 6.56. The molecule has 1 aromatic heterocycles. The van der Waals surface area contributed by atoms with Gasteiger partial charge in [0, 0.05) is 19.6 Å². The fourth-order valence-corrected chi connectivity index (χ4v) is 2.90. The van der Waals surface area contributed by atoms with Crippen LogP contribution >= 0.6 is 28.3 Å². The standard InChI is InChI=1S/C15H18BrFN4O2.ClH/c1-9(22-13-4-3-10(17)7-11(13)16)15-19-14(20-23-15)12-8-18-5-6-21(12)2;/h3-4,7,9,12,18H,5-6,8H2,1-2H3;1H. The maximum absolute atomic E-state index is 13.1. The van der Waals surface area contributed by atoms with Crippen LogP contribution in [0.4, 0.5) is 4.39 Å². The maximum atomic E-state index is 13.1. The minimum atomic E-state index is -0.431. The van der Waals surface area contributed by atoms with Crippen LogP contribution in [0, 0.1) is 5.82 Å². The second kappa shape index (κ2) is 8.24. The number of hydrogen-bond donors (Lipinski definition) is 1. The highest BCUT2D eigenvalue weighted by Gasteiger charge is 2.27. The summed E-state index contributed by atoms with van der Waals surface area (Å²) in [4.78, 5) is 6.64. The number of aromatic nitrogens is 2. The molecule has 1 saturated heterocycles. The molecule has 2 unspecified atom stereocenters. The third kappa shape index (κ3) is 4.24. The number of nitrogens with zero attached hydrogens (tertiary/aromatic N) is 3. The highest BCUT2D eigenvalue weighted by Crippen LogP contribution is 2.30. The lowest BCUT2D eigenvalue weighted by molar-refractivity contribution is 0.172. The fourth-order valence-electron chi connectivity index (χ4n) is 2.45. The van der Waals surface area contributed by atoms with Gasteiger partial charge in [-0.05, 0) is 48.1 Å². The fraction of sp³-hybridized carbons (Fsp3) is 0.467. The topological polar surface area (TPSA) is 63.4 Å². The Balaban J connectivity index is 0.00000208. The average molecular weight is 422 g/mol. The first-order chi connectivity index (χ1) is 11.0. The summed E-state index contributed by atoms with van der Waals surface area (Å²) in [5.41, 5.74) is 0. The second-order valence-corrected chi connectivity index (χ2v) is 6.38. The predicted molar refractivity (Wildman–Crippen MR) is 92.9 cm³/mol. The van der Waals surface area contributed by atoms with Gasteiger partial charge in [-0.2, -0.15) is 4.98 Å². The van der Waals surface area contributed by atoms with Crippen molar-refractivity contribution in [2.24, 2.45) is 0 Å². The van der Waals surface area contributed by atoms with Crippen LogP contribution in [0.1, 0.15) is 30.8 Å². The zero-order valence-corrected chi connectivity index (χ0v) is 15.7. The van der Waals surface area contributed by atoms with Gasteiger partial charge in [-0.1, -0.05) is 5.16 Å². The van der Waals surface area contributed by atoms with Crippen molar-refractivity contribution in [1.82, 2.24) is 20.4 Å². The van der Waals surface area contributed by atoms with Crippen LogP contribution in [-0.2, 0) is 0 Å². The van der Waals surface area contributed by atoms with Crippen molar-refractivity contribution in [2.75, 3.05) is 26.7 Å². The first-order valence-electron chi connectivity index (χ1n) is 7.41. The van der Waals surface area contributed by atoms with Gasteiger partial charge < -0.3 is 14.6 Å². The molecule has 24 heavy (non-hydrogen) atoms. The number of ether oxygens (including phenoxy) is 1. The highest BCUT2D eigenvalue weighted by atomic mass is 79.9. The molecule has 132 valence electrons. The minimum absolute atomic E-state index is 0. The van der Waals surface area contributed by atoms with Gasteiger partial charge in [0.1, 0.15) is 11.6 Å². The van der Waals surface area contributed by atoms with Crippen molar-refractivity contribution < 1.29 is 13.7 Å². The summed E-state index contributed by atoms with van der Waals surface area (Å²) in [6.07, 6.45) is -0.431. The number of nitrogens with one attached hydrogen (secondary N) is 1. The van der Waals surface area contributed by atoms with Crippen LogP contribution in [0.15, 0.2) is 27.2 Å². The molecule has 2 atom stereocenters. The number of benzene rings is 1. The third-order valence-electron chi connectivity index (χ3n) is 3.81. The van der Waals surface area contributed by atoms with Crippen molar-refractivity contribution in [3.8, 4) is 5.75 Å². The minimum Gasteiger partial charge on any atom is -0.480 e. The van der Waals surface area contributed by atoms with Gasteiger partial charge in [0.2, 0.25) is 0 Å². The molecule has 1 N–H and O–H groups in total. The molecule has 0 saturated carbocycles. The Morgan fingerprint density at radius 2 is 2.29 bits per heavy atom. The molecule has 0 spiro atoms. The molecular formula is C15H19BrClFN4O2. The van der Waals surface area contributed by atoms with Crippen molar-refractivity contribution in [3.05, 3.63) is 40.2 Å². The van der Waals surface area contributed by atoms with E-state index in [2.05, 4.69) is 36.3 Å². The number of likely N-dealkylation sites (N-methyl/N-ethyl adjacent to an activating group) is 1. The molecule has 6 nitrogen and oxygen atoms in total. The van der Waals surface area contributed by atoms with E-state index < -0.39 is 6.10 Å². The van der Waals surface area contributed by atoms with E-state index in [9.17, 15) is 4.39 Å². The Morgan fingerprint density at radius 1 is 1.50 bits per heavy atom. The van der Waals surface area contributed by atoms with Crippen LogP contribution in [0.3, 0.4) is 0 Å². The van der Waals surface area contributed by atoms with E-state index in [-0.39, 0.29) is 24.3 Å². The normalized spacial score (nSPS) is 19.6. The van der Waals surface area contributed by atoms with Gasteiger partial charge in [0.25, 0.3) is 5.89 Å². The zero-order chi connectivity index (χ0) is 16.4. The van der Waals surface area contributed by atoms with E-state index in [1.807, 2.05) is 14.0 Å². The second-order valence-electron chi connectivity index (χ2n) is 5.53. The van der Waals surface area contributed by atoms with E-state index >= 15 is 0 Å². The van der Waals surface area contributed by atoms with Gasteiger partial charge in [-0.25, -0.2) is 4.39 Å². The number of halogens is 3. The molecule has 2 aromatic rings. The molecule has 3 rings (SSSR count). The maximum Gasteiger partial charge on any atom is 0.267 e. The smallest absolute Gasteiger partial charge is 0.267 e. The summed E-state index contributed by atoms with van der Waals surface area (Å²) in [5.74, 6) is 1.23. The summed E-state index contributed by atoms with van der Waals surface area (Å²) < 4.78 is 24.8. The summed E-state index contributed by atoms with van der Waals surface area (Å²) in [5, 5.41) is 7.39. The van der Waals surface area contributed by atoms with Crippen LogP contribution in [0.2, 0.25) is 0 Å². The first kappa shape index (κ1) is 19.1. The van der Waals surface area contributed by atoms with Crippen LogP contribution in [0.25, 0.3) is 0 Å². The zero-order valence-electron chi connectivity index (χ0n) is 13.3. The summed E-state index contributed by atoms with van der Waals surface area (Å²) >= 11 is 3.28. The molecule has 1 aliphatic rings. The lowest BCUT2D eigenvalue weighted by atomic mass is 10.2. The quantitative estimate of drug-likeness (QED) is 0.818. The Bertz CT molecular complexity index is 687. The van der Waals surface area contributed by atoms with Crippen LogP contribution in [0.5, 0.6) is 5.75 Å². The number of piperazine rings is 1. The molecule has 0 aliphatic carbocycles. The summed E-state index contributed by atoms with van der Waals surface area (Å²) in [6, 6.07) is 4.34. The van der Waals surface area contributed by atoms with Gasteiger partial charge in [0.15, 0.2) is 11.9 Å². The predicted octanol–water partition coefficient (Wildman–Crippen LogP) is 3.11. The largest absolute Gasteiger partial charge is 0.480 e. The molecule has 9 heteroatoms. The van der Waals surface area contributed by atoms with Crippen molar-refractivity contribution in [1.29, 1.82) is 0 Å². The van der Waals surface area contributed by atoms with Crippen molar-refractivity contribution in [2.45, 2.75) is 19.1 Å². The summed E-state index contributed by atoms with van der Waals surface area (Å²) in [6.45, 7) is 4.49. The van der Waals surface area contributed by atoms with Crippen LogP contribution in [-0.4, -0.2) is 41.7 Å². The highest BCUT2D eigenvalue weighted by molar-refractivity contribution is 9.10. The van der Waals surface area contributed by atoms with Crippen molar-refractivity contribution >= 4 is 28.3 Å². The molecule has 2 heterocycles. The molecular weight excluding hydrogens is 403 g/mol. The third-order valence-corrected chi connectivity index (χ3v) is 4.43. The van der Waals surface area contributed by atoms with E-state index in [1.165, 1.54) is 12.1 Å². The number of hydrogen-bond acceptors (Lipinski definition) is 6. The first-order valence-corrected chi connectivity index (χ1v) is 8.20. The van der Waals surface area contributed by atoms with E-state index in [0.29, 0.717) is 21.9 Å². The molecule has 0 amide bonds. The van der Waals surface area contributed by atoms with E-state index in [1.54, 1.807) is 6.07 Å². The molecule has 1 aliphatic heterocycles. The van der Waals surface area contributed by atoms with Gasteiger partial charge >= 0.3 is 0 Å².